The summed E-state index contributed by atoms with van der Waals surface area (Å²) < 4.78 is 0. The molecule has 0 unspecified atom stereocenters. The molecule has 2 N–H and O–H groups in total. The molecule has 0 atom stereocenters. The van der Waals surface area contributed by atoms with Gasteiger partial charge >= 0.3 is 0 Å². The molecule has 1 amide bonds. The number of nitrogens with zero attached hydrogens (tertiary/aromatic N) is 1. The van der Waals surface area contributed by atoms with E-state index in [0.717, 1.165) is 35.7 Å². The third-order valence-corrected chi connectivity index (χ3v) is 4.48. The summed E-state index contributed by atoms with van der Waals surface area (Å²) in [6.45, 7) is 11.4. The maximum Gasteiger partial charge on any atom is 0.272 e. The van der Waals surface area contributed by atoms with E-state index in [2.05, 4.69) is 29.0 Å². The third kappa shape index (κ3) is 3.92. The standard InChI is InChI=1S/C20H27N3O2/c1-6-17-18(14(5)24)13(4)21-19(17)20(25)22-15-9-11-16(12-10-15)23(7-2)8-3/h9-12,21H,6-8H2,1-5H3,(H,22,25). The van der Waals surface area contributed by atoms with Gasteiger partial charge in [0.1, 0.15) is 5.69 Å². The normalized spacial score (nSPS) is 10.6. The molecule has 5 heteroatoms. The zero-order chi connectivity index (χ0) is 18.6. The van der Waals surface area contributed by atoms with Gasteiger partial charge in [0.15, 0.2) is 5.78 Å². The lowest BCUT2D eigenvalue weighted by Gasteiger charge is -2.21. The molecule has 2 rings (SSSR count). The zero-order valence-electron chi connectivity index (χ0n) is 15.7. The Labute approximate surface area is 149 Å². The summed E-state index contributed by atoms with van der Waals surface area (Å²) in [6.07, 6.45) is 0.628. The molecular weight excluding hydrogens is 314 g/mol. The molecule has 0 bridgehead atoms. The molecule has 25 heavy (non-hydrogen) atoms. The van der Waals surface area contributed by atoms with E-state index < -0.39 is 0 Å². The van der Waals surface area contributed by atoms with E-state index in [1.54, 1.807) is 0 Å². The quantitative estimate of drug-likeness (QED) is 0.742. The first-order valence-corrected chi connectivity index (χ1v) is 8.81. The van der Waals surface area contributed by atoms with Crippen molar-refractivity contribution in [1.29, 1.82) is 0 Å². The fraction of sp³-hybridized carbons (Fsp3) is 0.400. The van der Waals surface area contributed by atoms with Crippen molar-refractivity contribution >= 4 is 23.1 Å². The Balaban J connectivity index is 2.23. The number of anilines is 2. The minimum absolute atomic E-state index is 0.0202. The topological polar surface area (TPSA) is 65.2 Å². The highest BCUT2D eigenvalue weighted by molar-refractivity contribution is 6.07. The molecule has 134 valence electrons. The van der Waals surface area contributed by atoms with Crippen LogP contribution in [0.25, 0.3) is 0 Å². The van der Waals surface area contributed by atoms with Crippen LogP contribution >= 0.6 is 0 Å². The molecular formula is C20H27N3O2. The van der Waals surface area contributed by atoms with E-state index in [0.29, 0.717) is 17.7 Å². The molecule has 0 aliphatic carbocycles. The van der Waals surface area contributed by atoms with Gasteiger partial charge in [-0.05, 0) is 63.9 Å². The molecule has 0 aliphatic rings. The van der Waals surface area contributed by atoms with Crippen molar-refractivity contribution in [2.45, 2.75) is 41.0 Å². The number of aromatic amines is 1. The molecule has 5 nitrogen and oxygen atoms in total. The van der Waals surface area contributed by atoms with Crippen LogP contribution in [0.5, 0.6) is 0 Å². The lowest BCUT2D eigenvalue weighted by atomic mass is 10.0. The van der Waals surface area contributed by atoms with Crippen LogP contribution < -0.4 is 10.2 Å². The van der Waals surface area contributed by atoms with Crippen molar-refractivity contribution in [1.82, 2.24) is 4.98 Å². The number of ketones is 1. The van der Waals surface area contributed by atoms with Crippen molar-refractivity contribution in [2.24, 2.45) is 0 Å². The van der Waals surface area contributed by atoms with Crippen molar-refractivity contribution in [3.8, 4) is 0 Å². The highest BCUT2D eigenvalue weighted by Crippen LogP contribution is 2.22. The molecule has 1 aromatic heterocycles. The van der Waals surface area contributed by atoms with Crippen LogP contribution in [0.15, 0.2) is 24.3 Å². The maximum absolute atomic E-state index is 12.6. The summed E-state index contributed by atoms with van der Waals surface area (Å²) in [4.78, 5) is 29.8. The summed E-state index contributed by atoms with van der Waals surface area (Å²) >= 11 is 0. The number of hydrogen-bond donors (Lipinski definition) is 2. The molecule has 2 aromatic rings. The fourth-order valence-corrected chi connectivity index (χ4v) is 3.24. The van der Waals surface area contributed by atoms with Gasteiger partial charge in [-0.25, -0.2) is 0 Å². The number of aryl methyl sites for hydroxylation is 1. The van der Waals surface area contributed by atoms with Crippen LogP contribution in [0.2, 0.25) is 0 Å². The van der Waals surface area contributed by atoms with Gasteiger partial charge in [0, 0.05) is 35.7 Å². The number of Topliss-reactive ketones (excluding diaryl/α,β-unsaturated/α-hetero) is 1. The van der Waals surface area contributed by atoms with Crippen LogP contribution in [0, 0.1) is 6.92 Å². The van der Waals surface area contributed by atoms with Crippen LogP contribution in [0.4, 0.5) is 11.4 Å². The van der Waals surface area contributed by atoms with E-state index in [9.17, 15) is 9.59 Å². The van der Waals surface area contributed by atoms with E-state index in [-0.39, 0.29) is 11.7 Å². The molecule has 0 radical (unpaired) electrons. The minimum atomic E-state index is -0.219. The van der Waals surface area contributed by atoms with E-state index in [1.807, 2.05) is 38.1 Å². The monoisotopic (exact) mass is 341 g/mol. The molecule has 1 aromatic carbocycles. The molecule has 0 aliphatic heterocycles. The summed E-state index contributed by atoms with van der Waals surface area (Å²) in [5.41, 5.74) is 4.49. The van der Waals surface area contributed by atoms with Crippen LogP contribution in [-0.4, -0.2) is 29.8 Å². The van der Waals surface area contributed by atoms with Gasteiger partial charge in [0.05, 0.1) is 0 Å². The number of nitrogens with one attached hydrogen (secondary N) is 2. The first kappa shape index (κ1) is 18.8. The van der Waals surface area contributed by atoms with Gasteiger partial charge < -0.3 is 15.2 Å². The van der Waals surface area contributed by atoms with E-state index in [1.165, 1.54) is 6.92 Å². The summed E-state index contributed by atoms with van der Waals surface area (Å²) in [6, 6.07) is 7.81. The van der Waals surface area contributed by atoms with Crippen molar-refractivity contribution in [3.63, 3.8) is 0 Å². The van der Waals surface area contributed by atoms with Gasteiger partial charge in [0.25, 0.3) is 5.91 Å². The number of carbonyl (C=O) groups is 2. The number of aromatic nitrogens is 1. The van der Waals surface area contributed by atoms with Gasteiger partial charge in [-0.2, -0.15) is 0 Å². The number of rotatable bonds is 7. The van der Waals surface area contributed by atoms with Gasteiger partial charge in [-0.1, -0.05) is 6.92 Å². The number of amides is 1. The smallest absolute Gasteiger partial charge is 0.272 e. The SMILES string of the molecule is CCc1c(C(=O)Nc2ccc(N(CC)CC)cc2)[nH]c(C)c1C(C)=O. The van der Waals surface area contributed by atoms with Crippen LogP contribution in [-0.2, 0) is 6.42 Å². The molecule has 0 fully saturated rings. The second-order valence-electron chi connectivity index (χ2n) is 6.06. The highest BCUT2D eigenvalue weighted by Gasteiger charge is 2.21. The van der Waals surface area contributed by atoms with Crippen molar-refractivity contribution < 1.29 is 9.59 Å². The average molecular weight is 341 g/mol. The van der Waals surface area contributed by atoms with E-state index >= 15 is 0 Å². The Morgan fingerprint density at radius 3 is 2.16 bits per heavy atom. The van der Waals surface area contributed by atoms with Gasteiger partial charge in [-0.3, -0.25) is 9.59 Å². The van der Waals surface area contributed by atoms with Crippen LogP contribution in [0.3, 0.4) is 0 Å². The molecule has 0 saturated carbocycles. The Hall–Kier alpha value is -2.56. The molecule has 0 saturated heterocycles. The third-order valence-electron chi connectivity index (χ3n) is 4.48. The van der Waals surface area contributed by atoms with Crippen molar-refractivity contribution in [3.05, 3.63) is 46.8 Å². The first-order valence-electron chi connectivity index (χ1n) is 8.81. The van der Waals surface area contributed by atoms with Gasteiger partial charge in [0.2, 0.25) is 0 Å². The summed E-state index contributed by atoms with van der Waals surface area (Å²) in [5.74, 6) is -0.240. The zero-order valence-corrected chi connectivity index (χ0v) is 15.7. The minimum Gasteiger partial charge on any atom is -0.372 e. The lowest BCUT2D eigenvalue weighted by Crippen LogP contribution is -2.21. The summed E-state index contributed by atoms with van der Waals surface area (Å²) in [5, 5.41) is 2.91. The Bertz CT molecular complexity index is 756. The largest absolute Gasteiger partial charge is 0.372 e. The number of benzene rings is 1. The first-order chi connectivity index (χ1) is 11.9. The predicted octanol–water partition coefficient (Wildman–Crippen LogP) is 4.19. The fourth-order valence-electron chi connectivity index (χ4n) is 3.24. The van der Waals surface area contributed by atoms with Crippen LogP contribution in [0.1, 0.15) is 59.8 Å². The number of hydrogen-bond acceptors (Lipinski definition) is 3. The Morgan fingerprint density at radius 2 is 1.68 bits per heavy atom. The van der Waals surface area contributed by atoms with Crippen molar-refractivity contribution in [2.75, 3.05) is 23.3 Å². The average Bonchev–Trinajstić information content (AvgIpc) is 2.94. The number of carbonyl (C=O) groups excluding carboxylic acids is 2. The lowest BCUT2D eigenvalue weighted by molar-refractivity contribution is 0.101. The Kier molecular flexibility index (Phi) is 6.02. The second-order valence-corrected chi connectivity index (χ2v) is 6.06. The summed E-state index contributed by atoms with van der Waals surface area (Å²) in [7, 11) is 0. The Morgan fingerprint density at radius 1 is 1.08 bits per heavy atom. The predicted molar refractivity (Wildman–Crippen MR) is 103 cm³/mol. The van der Waals surface area contributed by atoms with E-state index in [4.69, 9.17) is 0 Å². The molecule has 1 heterocycles. The highest BCUT2D eigenvalue weighted by atomic mass is 16.2. The van der Waals surface area contributed by atoms with Gasteiger partial charge in [-0.15, -0.1) is 0 Å². The second kappa shape index (κ2) is 8.01. The maximum atomic E-state index is 12.6. The number of H-pyrrole nitrogens is 1. The molecule has 0 spiro atoms.